The van der Waals surface area contributed by atoms with E-state index in [0.29, 0.717) is 6.61 Å². The van der Waals surface area contributed by atoms with Gasteiger partial charge >= 0.3 is 11.9 Å². The van der Waals surface area contributed by atoms with E-state index in [0.717, 1.165) is 29.5 Å². The second kappa shape index (κ2) is 15.1. The van der Waals surface area contributed by atoms with Crippen LogP contribution in [0.4, 0.5) is 0 Å². The molecule has 0 heterocycles. The molecule has 0 radical (unpaired) electrons. The second-order valence-electron chi connectivity index (χ2n) is 9.51. The van der Waals surface area contributed by atoms with Crippen molar-refractivity contribution in [3.8, 4) is 0 Å². The Hall–Kier alpha value is -3.58. The summed E-state index contributed by atoms with van der Waals surface area (Å²) in [5.74, 6) is -2.15. The van der Waals surface area contributed by atoms with E-state index in [1.54, 1.807) is 6.92 Å². The van der Waals surface area contributed by atoms with Crippen LogP contribution in [0.3, 0.4) is 0 Å². The number of carboxylic acid groups (broad SMARTS) is 1. The van der Waals surface area contributed by atoms with Gasteiger partial charge in [0.05, 0.1) is 17.3 Å². The van der Waals surface area contributed by atoms with E-state index in [-0.39, 0.29) is 24.6 Å². The Bertz CT molecular complexity index is 1090. The number of hydrogen-bond donors (Lipinski definition) is 2. The number of esters is 1. The maximum absolute atomic E-state index is 12.7. The molecule has 0 aliphatic rings. The zero-order valence-electron chi connectivity index (χ0n) is 22.5. The minimum absolute atomic E-state index is 0.0414. The van der Waals surface area contributed by atoms with Gasteiger partial charge in [-0.3, -0.25) is 9.59 Å². The molecule has 6 nitrogen and oxygen atoms in total. The fraction of sp³-hybridized carbons (Fsp3) is 0.344. The molecule has 0 bridgehead atoms. The summed E-state index contributed by atoms with van der Waals surface area (Å²) in [6.07, 6.45) is 2.06. The molecular formula is C32H37NO5S. The Kier molecular flexibility index (Phi) is 11.6. The molecule has 0 fully saturated rings. The van der Waals surface area contributed by atoms with Crippen LogP contribution >= 0.6 is 11.8 Å². The van der Waals surface area contributed by atoms with Gasteiger partial charge in [0.25, 0.3) is 0 Å². The summed E-state index contributed by atoms with van der Waals surface area (Å²) < 4.78 is 4.53. The van der Waals surface area contributed by atoms with Gasteiger partial charge in [-0.1, -0.05) is 111 Å². The number of carbonyl (C=O) groups is 3. The summed E-state index contributed by atoms with van der Waals surface area (Å²) in [6, 6.07) is 28.9. The molecule has 0 aliphatic carbocycles. The van der Waals surface area contributed by atoms with Gasteiger partial charge in [0.15, 0.2) is 0 Å². The number of carboxylic acids is 1. The molecule has 3 aromatic carbocycles. The SMILES string of the molecule is CCCCOC(=O)[C@@H](C)CCC(=O)N[C@@H](CSC(c1ccccc1)(c1ccccc1)c1ccccc1)C(=O)O. The minimum Gasteiger partial charge on any atom is -0.480 e. The number of carbonyl (C=O) groups excluding carboxylic acids is 2. The Morgan fingerprint density at radius 2 is 1.36 bits per heavy atom. The van der Waals surface area contributed by atoms with Crippen LogP contribution in [-0.2, 0) is 23.9 Å². The number of aliphatic carboxylic acids is 1. The summed E-state index contributed by atoms with van der Waals surface area (Å²) in [5.41, 5.74) is 3.04. The number of ether oxygens (including phenoxy) is 1. The number of rotatable bonds is 15. The maximum Gasteiger partial charge on any atom is 0.327 e. The molecule has 3 aromatic rings. The van der Waals surface area contributed by atoms with Crippen molar-refractivity contribution in [2.24, 2.45) is 5.92 Å². The lowest BCUT2D eigenvalue weighted by Gasteiger charge is -2.36. The Balaban J connectivity index is 1.79. The summed E-state index contributed by atoms with van der Waals surface area (Å²) in [5, 5.41) is 12.7. The fourth-order valence-electron chi connectivity index (χ4n) is 4.34. The van der Waals surface area contributed by atoms with Crippen molar-refractivity contribution in [3.05, 3.63) is 108 Å². The molecule has 3 rings (SSSR count). The van der Waals surface area contributed by atoms with Crippen LogP contribution in [0, 0.1) is 5.92 Å². The van der Waals surface area contributed by atoms with Crippen LogP contribution in [0.25, 0.3) is 0 Å². The van der Waals surface area contributed by atoms with Gasteiger partial charge in [0.1, 0.15) is 6.04 Å². The normalized spacial score (nSPS) is 12.8. The molecule has 0 spiro atoms. The number of benzene rings is 3. The molecule has 39 heavy (non-hydrogen) atoms. The van der Waals surface area contributed by atoms with Crippen molar-refractivity contribution in [2.45, 2.75) is 50.3 Å². The largest absolute Gasteiger partial charge is 0.480 e. The highest BCUT2D eigenvalue weighted by molar-refractivity contribution is 8.00. The molecule has 0 aromatic heterocycles. The summed E-state index contributed by atoms with van der Waals surface area (Å²) in [6.45, 7) is 4.11. The van der Waals surface area contributed by atoms with Gasteiger partial charge in [-0.25, -0.2) is 4.79 Å². The number of amides is 1. The minimum atomic E-state index is -1.11. The molecule has 0 saturated heterocycles. The average Bonchev–Trinajstić information content (AvgIpc) is 2.97. The quantitative estimate of drug-likeness (QED) is 0.137. The van der Waals surface area contributed by atoms with Gasteiger partial charge in [0, 0.05) is 12.2 Å². The van der Waals surface area contributed by atoms with Crippen LogP contribution in [0.15, 0.2) is 91.0 Å². The van der Waals surface area contributed by atoms with Crippen molar-refractivity contribution < 1.29 is 24.2 Å². The fourth-order valence-corrected chi connectivity index (χ4v) is 5.89. The highest BCUT2D eigenvalue weighted by atomic mass is 32.2. The zero-order valence-corrected chi connectivity index (χ0v) is 23.4. The van der Waals surface area contributed by atoms with E-state index in [4.69, 9.17) is 4.74 Å². The number of thioether (sulfide) groups is 1. The Labute approximate surface area is 235 Å². The Morgan fingerprint density at radius 1 is 0.872 bits per heavy atom. The van der Waals surface area contributed by atoms with E-state index in [2.05, 4.69) is 5.32 Å². The predicted octanol–water partition coefficient (Wildman–Crippen LogP) is 6.04. The lowest BCUT2D eigenvalue weighted by atomic mass is 9.84. The third kappa shape index (κ3) is 8.20. The third-order valence-electron chi connectivity index (χ3n) is 6.59. The molecule has 2 N–H and O–H groups in total. The van der Waals surface area contributed by atoms with E-state index in [9.17, 15) is 19.5 Å². The number of unbranched alkanes of at least 4 members (excludes halogenated alkanes) is 1. The van der Waals surface area contributed by atoms with Crippen molar-refractivity contribution >= 4 is 29.6 Å². The number of nitrogens with one attached hydrogen (secondary N) is 1. The smallest absolute Gasteiger partial charge is 0.327 e. The van der Waals surface area contributed by atoms with E-state index >= 15 is 0 Å². The summed E-state index contributed by atoms with van der Waals surface area (Å²) in [7, 11) is 0. The molecule has 0 unspecified atom stereocenters. The highest BCUT2D eigenvalue weighted by Gasteiger charge is 2.38. The third-order valence-corrected chi connectivity index (χ3v) is 8.23. The first kappa shape index (κ1) is 30.0. The predicted molar refractivity (Wildman–Crippen MR) is 155 cm³/mol. The maximum atomic E-state index is 12.7. The lowest BCUT2D eigenvalue weighted by Crippen LogP contribution is -2.44. The van der Waals surface area contributed by atoms with Gasteiger partial charge in [-0.05, 0) is 29.5 Å². The van der Waals surface area contributed by atoms with Crippen molar-refractivity contribution in [2.75, 3.05) is 12.4 Å². The molecule has 206 valence electrons. The summed E-state index contributed by atoms with van der Waals surface area (Å²) in [4.78, 5) is 37.1. The van der Waals surface area contributed by atoms with E-state index < -0.39 is 28.6 Å². The molecule has 7 heteroatoms. The zero-order chi connectivity index (χ0) is 28.1. The lowest BCUT2D eigenvalue weighted by molar-refractivity contribution is -0.148. The van der Waals surface area contributed by atoms with Gasteiger partial charge < -0.3 is 15.2 Å². The molecular weight excluding hydrogens is 510 g/mol. The van der Waals surface area contributed by atoms with Crippen LogP contribution in [0.2, 0.25) is 0 Å². The number of hydrogen-bond acceptors (Lipinski definition) is 5. The van der Waals surface area contributed by atoms with Crippen LogP contribution < -0.4 is 5.32 Å². The van der Waals surface area contributed by atoms with Crippen molar-refractivity contribution in [3.63, 3.8) is 0 Å². The van der Waals surface area contributed by atoms with Crippen LogP contribution in [0.5, 0.6) is 0 Å². The van der Waals surface area contributed by atoms with Crippen molar-refractivity contribution in [1.82, 2.24) is 5.32 Å². The van der Waals surface area contributed by atoms with Gasteiger partial charge in [0.2, 0.25) is 5.91 Å². The summed E-state index contributed by atoms with van der Waals surface area (Å²) >= 11 is 1.48. The standard InChI is InChI=1S/C32H37NO5S/c1-3-4-22-38-31(37)24(2)20-21-29(34)33-28(30(35)36)23-39-32(25-14-8-5-9-15-25,26-16-10-6-11-17-26)27-18-12-7-13-19-27/h5-19,24,28H,3-4,20-23H2,1-2H3,(H,33,34)(H,35,36)/t24-,28-/m0/s1. The highest BCUT2D eigenvalue weighted by Crippen LogP contribution is 2.48. The van der Waals surface area contributed by atoms with Crippen LogP contribution in [-0.4, -0.2) is 41.4 Å². The monoisotopic (exact) mass is 547 g/mol. The molecule has 1 amide bonds. The average molecular weight is 548 g/mol. The molecule has 0 aliphatic heterocycles. The molecule has 2 atom stereocenters. The molecule has 0 saturated carbocycles. The van der Waals surface area contributed by atoms with Gasteiger partial charge in [-0.2, -0.15) is 0 Å². The topological polar surface area (TPSA) is 92.7 Å². The van der Waals surface area contributed by atoms with Crippen molar-refractivity contribution in [1.29, 1.82) is 0 Å². The first-order valence-electron chi connectivity index (χ1n) is 13.4. The Morgan fingerprint density at radius 3 is 1.79 bits per heavy atom. The van der Waals surface area contributed by atoms with Gasteiger partial charge in [-0.15, -0.1) is 11.8 Å². The van der Waals surface area contributed by atoms with E-state index in [1.807, 2.05) is 97.9 Å². The first-order valence-corrected chi connectivity index (χ1v) is 14.4. The first-order chi connectivity index (χ1) is 18.9. The van der Waals surface area contributed by atoms with Crippen LogP contribution in [0.1, 0.15) is 56.2 Å². The second-order valence-corrected chi connectivity index (χ2v) is 10.7. The van der Waals surface area contributed by atoms with E-state index in [1.165, 1.54) is 11.8 Å².